The Morgan fingerprint density at radius 3 is 2.65 bits per heavy atom. The minimum Gasteiger partial charge on any atom is -0.491 e. The fraction of sp³-hybridized carbons (Fsp3) is 0.409. The van der Waals surface area contributed by atoms with Crippen LogP contribution in [0.15, 0.2) is 48.5 Å². The molecule has 0 aliphatic carbocycles. The molecule has 138 valence electrons. The van der Waals surface area contributed by atoms with Crippen molar-refractivity contribution in [1.82, 2.24) is 4.90 Å². The predicted octanol–water partition coefficient (Wildman–Crippen LogP) is 3.28. The van der Waals surface area contributed by atoms with Gasteiger partial charge in [-0.1, -0.05) is 36.4 Å². The Hall–Kier alpha value is -2.33. The molecule has 1 atom stereocenters. The lowest BCUT2D eigenvalue weighted by molar-refractivity contribution is -0.139. The number of rotatable bonds is 5. The van der Waals surface area contributed by atoms with Crippen LogP contribution in [0.4, 0.5) is 0 Å². The van der Waals surface area contributed by atoms with Crippen molar-refractivity contribution in [2.24, 2.45) is 0 Å². The predicted molar refractivity (Wildman–Crippen MR) is 102 cm³/mol. The largest absolute Gasteiger partial charge is 0.491 e. The Morgan fingerprint density at radius 2 is 1.92 bits per heavy atom. The molecule has 1 fully saturated rings. The number of β-amino-alcohol motifs (C(OH)–C–C–N with tert-alkyl or cyclic N) is 1. The van der Waals surface area contributed by atoms with Crippen molar-refractivity contribution in [2.45, 2.75) is 38.7 Å². The fourth-order valence-corrected chi connectivity index (χ4v) is 3.35. The molecule has 1 aliphatic rings. The Kier molecular flexibility index (Phi) is 5.62. The highest BCUT2D eigenvalue weighted by molar-refractivity contribution is 5.79. The van der Waals surface area contributed by atoms with E-state index in [4.69, 9.17) is 4.74 Å². The van der Waals surface area contributed by atoms with Gasteiger partial charge in [0.2, 0.25) is 5.91 Å². The molecule has 1 unspecified atom stereocenters. The molecule has 26 heavy (non-hydrogen) atoms. The first-order chi connectivity index (χ1) is 12.5. The van der Waals surface area contributed by atoms with Gasteiger partial charge in [-0.25, -0.2) is 0 Å². The SMILES string of the molecule is Cc1ccc(OCC2(O)CCCN(C(=O)Cc3ccccc3)C2)cc1C. The van der Waals surface area contributed by atoms with Crippen molar-refractivity contribution in [3.8, 4) is 5.75 Å². The number of ether oxygens (including phenoxy) is 1. The number of likely N-dealkylation sites (tertiary alicyclic amines) is 1. The summed E-state index contributed by atoms with van der Waals surface area (Å²) in [5.74, 6) is 0.815. The van der Waals surface area contributed by atoms with E-state index in [0.29, 0.717) is 25.9 Å². The van der Waals surface area contributed by atoms with Gasteiger partial charge >= 0.3 is 0 Å². The van der Waals surface area contributed by atoms with Crippen LogP contribution in [0.25, 0.3) is 0 Å². The van der Waals surface area contributed by atoms with Crippen molar-refractivity contribution >= 4 is 5.91 Å². The summed E-state index contributed by atoms with van der Waals surface area (Å²) in [4.78, 5) is 14.3. The maximum atomic E-state index is 12.6. The van der Waals surface area contributed by atoms with E-state index < -0.39 is 5.60 Å². The van der Waals surface area contributed by atoms with E-state index in [0.717, 1.165) is 23.3 Å². The molecule has 2 aromatic carbocycles. The molecule has 1 saturated heterocycles. The summed E-state index contributed by atoms with van der Waals surface area (Å²) in [6.07, 6.45) is 1.80. The third kappa shape index (κ3) is 4.64. The average Bonchev–Trinajstić information content (AvgIpc) is 2.64. The van der Waals surface area contributed by atoms with Crippen LogP contribution in [-0.4, -0.2) is 41.2 Å². The molecule has 2 aromatic rings. The molecule has 1 heterocycles. The zero-order chi connectivity index (χ0) is 18.6. The van der Waals surface area contributed by atoms with Crippen LogP contribution in [0.5, 0.6) is 5.75 Å². The van der Waals surface area contributed by atoms with Crippen molar-refractivity contribution in [2.75, 3.05) is 19.7 Å². The number of aryl methyl sites for hydroxylation is 2. The molecule has 1 aliphatic heterocycles. The van der Waals surface area contributed by atoms with Gasteiger partial charge in [-0.3, -0.25) is 4.79 Å². The maximum Gasteiger partial charge on any atom is 0.227 e. The first kappa shape index (κ1) is 18.5. The number of aliphatic hydroxyl groups is 1. The minimum atomic E-state index is -0.997. The summed E-state index contributed by atoms with van der Waals surface area (Å²) < 4.78 is 5.84. The van der Waals surface area contributed by atoms with Gasteiger partial charge in [0.1, 0.15) is 18.0 Å². The molecular weight excluding hydrogens is 326 g/mol. The van der Waals surface area contributed by atoms with E-state index in [1.54, 1.807) is 4.90 Å². The summed E-state index contributed by atoms with van der Waals surface area (Å²) in [5, 5.41) is 10.9. The molecule has 4 heteroatoms. The lowest BCUT2D eigenvalue weighted by Crippen LogP contribution is -2.53. The highest BCUT2D eigenvalue weighted by Gasteiger charge is 2.36. The maximum absolute atomic E-state index is 12.6. The number of amides is 1. The summed E-state index contributed by atoms with van der Waals surface area (Å²) >= 11 is 0. The van der Waals surface area contributed by atoms with Gasteiger partial charge in [-0.05, 0) is 55.5 Å². The average molecular weight is 353 g/mol. The number of carbonyl (C=O) groups is 1. The third-order valence-electron chi connectivity index (χ3n) is 5.09. The molecular formula is C22H27NO3. The lowest BCUT2D eigenvalue weighted by atomic mass is 9.93. The van der Waals surface area contributed by atoms with Crippen molar-refractivity contribution in [1.29, 1.82) is 0 Å². The van der Waals surface area contributed by atoms with Crippen LogP contribution in [0.2, 0.25) is 0 Å². The van der Waals surface area contributed by atoms with Crippen LogP contribution < -0.4 is 4.74 Å². The highest BCUT2D eigenvalue weighted by Crippen LogP contribution is 2.24. The van der Waals surface area contributed by atoms with Crippen molar-refractivity contribution in [3.63, 3.8) is 0 Å². The molecule has 3 rings (SSSR count). The topological polar surface area (TPSA) is 49.8 Å². The van der Waals surface area contributed by atoms with Crippen LogP contribution in [-0.2, 0) is 11.2 Å². The number of hydrogen-bond acceptors (Lipinski definition) is 3. The normalized spacial score (nSPS) is 20.0. The Labute approximate surface area is 155 Å². The lowest BCUT2D eigenvalue weighted by Gasteiger charge is -2.39. The van der Waals surface area contributed by atoms with Gasteiger partial charge in [0.25, 0.3) is 0 Å². The molecule has 0 aromatic heterocycles. The molecule has 0 saturated carbocycles. The standard InChI is InChI=1S/C22H27NO3/c1-17-9-10-20(13-18(17)2)26-16-22(25)11-6-12-23(15-22)21(24)14-19-7-4-3-5-8-19/h3-5,7-10,13,25H,6,11-12,14-16H2,1-2H3. The van der Waals surface area contributed by atoms with E-state index in [1.165, 1.54) is 5.56 Å². The molecule has 0 radical (unpaired) electrons. The van der Waals surface area contributed by atoms with Gasteiger partial charge in [-0.15, -0.1) is 0 Å². The van der Waals surface area contributed by atoms with E-state index in [2.05, 4.69) is 6.92 Å². The van der Waals surface area contributed by atoms with Gasteiger partial charge in [0, 0.05) is 6.54 Å². The number of carbonyl (C=O) groups excluding carboxylic acids is 1. The summed E-state index contributed by atoms with van der Waals surface area (Å²) in [6, 6.07) is 15.7. The molecule has 1 N–H and O–H groups in total. The third-order valence-corrected chi connectivity index (χ3v) is 5.09. The van der Waals surface area contributed by atoms with Crippen LogP contribution in [0.1, 0.15) is 29.5 Å². The number of benzene rings is 2. The van der Waals surface area contributed by atoms with Gasteiger partial charge in [0.15, 0.2) is 0 Å². The van der Waals surface area contributed by atoms with Crippen LogP contribution in [0, 0.1) is 13.8 Å². The summed E-state index contributed by atoms with van der Waals surface area (Å²) in [5.41, 5.74) is 2.38. The van der Waals surface area contributed by atoms with Crippen molar-refractivity contribution in [3.05, 3.63) is 65.2 Å². The van der Waals surface area contributed by atoms with Gasteiger partial charge in [-0.2, -0.15) is 0 Å². The van der Waals surface area contributed by atoms with E-state index >= 15 is 0 Å². The highest BCUT2D eigenvalue weighted by atomic mass is 16.5. The number of hydrogen-bond donors (Lipinski definition) is 1. The second-order valence-corrected chi connectivity index (χ2v) is 7.34. The quantitative estimate of drug-likeness (QED) is 0.897. The molecule has 0 bridgehead atoms. The van der Waals surface area contributed by atoms with E-state index in [9.17, 15) is 9.90 Å². The van der Waals surface area contributed by atoms with Crippen molar-refractivity contribution < 1.29 is 14.6 Å². The zero-order valence-electron chi connectivity index (χ0n) is 15.6. The Bertz CT molecular complexity index is 759. The number of piperidine rings is 1. The zero-order valence-corrected chi connectivity index (χ0v) is 15.6. The van der Waals surface area contributed by atoms with Crippen LogP contribution >= 0.6 is 0 Å². The first-order valence-corrected chi connectivity index (χ1v) is 9.19. The fourth-order valence-electron chi connectivity index (χ4n) is 3.35. The summed E-state index contributed by atoms with van der Waals surface area (Å²) in [6.45, 7) is 5.32. The van der Waals surface area contributed by atoms with Gasteiger partial charge in [0.05, 0.1) is 13.0 Å². The van der Waals surface area contributed by atoms with E-state index in [1.807, 2.05) is 55.5 Å². The second kappa shape index (κ2) is 7.92. The minimum absolute atomic E-state index is 0.0560. The Morgan fingerprint density at radius 1 is 1.15 bits per heavy atom. The van der Waals surface area contributed by atoms with Crippen LogP contribution in [0.3, 0.4) is 0 Å². The molecule has 1 amide bonds. The Balaban J connectivity index is 1.59. The monoisotopic (exact) mass is 353 g/mol. The second-order valence-electron chi connectivity index (χ2n) is 7.34. The first-order valence-electron chi connectivity index (χ1n) is 9.19. The number of nitrogens with zero attached hydrogens (tertiary/aromatic N) is 1. The summed E-state index contributed by atoms with van der Waals surface area (Å²) in [7, 11) is 0. The van der Waals surface area contributed by atoms with E-state index in [-0.39, 0.29) is 12.5 Å². The smallest absolute Gasteiger partial charge is 0.227 e. The van der Waals surface area contributed by atoms with Gasteiger partial charge < -0.3 is 14.7 Å². The molecule has 4 nitrogen and oxygen atoms in total. The molecule has 0 spiro atoms.